The number of rotatable bonds is 5. The summed E-state index contributed by atoms with van der Waals surface area (Å²) in [5.41, 5.74) is 2.49. The highest BCUT2D eigenvalue weighted by atomic mass is 35.5. The molecule has 3 aromatic rings. The van der Waals surface area contributed by atoms with E-state index < -0.39 is 5.97 Å². The number of halogens is 2. The maximum atomic E-state index is 12.3. The van der Waals surface area contributed by atoms with Crippen LogP contribution in [-0.2, 0) is 9.53 Å². The fourth-order valence-corrected chi connectivity index (χ4v) is 3.81. The molecule has 2 aromatic carbocycles. The summed E-state index contributed by atoms with van der Waals surface area (Å²) in [6.45, 7) is 0. The van der Waals surface area contributed by atoms with E-state index >= 15 is 0 Å². The molecule has 1 N–H and O–H groups in total. The Morgan fingerprint density at radius 1 is 1.07 bits per heavy atom. The molecular weight excluding hydrogens is 417 g/mol. The molecule has 0 spiro atoms. The second-order valence-electron chi connectivity index (χ2n) is 5.70. The standard InChI is InChI=1S/C21H15Cl2NO3S/c1-27-21(26)19-16(13-6-9-15(22)10-7-13)12-28-20(19)24-18(25)11-8-14-4-2-3-5-17(14)23/h2-12H,1H3,(H,24,25). The molecule has 1 amide bonds. The maximum absolute atomic E-state index is 12.3. The van der Waals surface area contributed by atoms with Crippen LogP contribution in [0.4, 0.5) is 5.00 Å². The molecule has 0 unspecified atom stereocenters. The molecule has 1 heterocycles. The van der Waals surface area contributed by atoms with Crippen molar-refractivity contribution in [1.82, 2.24) is 0 Å². The zero-order chi connectivity index (χ0) is 20.1. The van der Waals surface area contributed by atoms with E-state index in [4.69, 9.17) is 27.9 Å². The Balaban J connectivity index is 1.87. The number of ether oxygens (including phenoxy) is 1. The van der Waals surface area contributed by atoms with Crippen LogP contribution in [-0.4, -0.2) is 19.0 Å². The summed E-state index contributed by atoms with van der Waals surface area (Å²) in [5.74, 6) is -0.911. The van der Waals surface area contributed by atoms with Gasteiger partial charge >= 0.3 is 5.97 Å². The van der Waals surface area contributed by atoms with Crippen molar-refractivity contribution >= 4 is 57.5 Å². The van der Waals surface area contributed by atoms with Gasteiger partial charge in [-0.1, -0.05) is 53.5 Å². The molecule has 7 heteroatoms. The van der Waals surface area contributed by atoms with Crippen LogP contribution in [0.25, 0.3) is 17.2 Å². The zero-order valence-corrected chi connectivity index (χ0v) is 17.1. The SMILES string of the molecule is COC(=O)c1c(-c2ccc(Cl)cc2)csc1NC(=O)C=Cc1ccccc1Cl. The van der Waals surface area contributed by atoms with Crippen LogP contribution in [0.3, 0.4) is 0 Å². The second-order valence-corrected chi connectivity index (χ2v) is 7.42. The molecule has 1 aromatic heterocycles. The topological polar surface area (TPSA) is 55.4 Å². The molecule has 0 atom stereocenters. The first kappa shape index (κ1) is 20.1. The quantitative estimate of drug-likeness (QED) is 0.388. The van der Waals surface area contributed by atoms with E-state index in [0.717, 1.165) is 11.1 Å². The van der Waals surface area contributed by atoms with Gasteiger partial charge in [0.2, 0.25) is 5.91 Å². The molecule has 0 bridgehead atoms. The van der Waals surface area contributed by atoms with E-state index in [9.17, 15) is 9.59 Å². The van der Waals surface area contributed by atoms with Gasteiger partial charge in [0.15, 0.2) is 0 Å². The van der Waals surface area contributed by atoms with Gasteiger partial charge in [-0.3, -0.25) is 4.79 Å². The molecule has 0 aliphatic carbocycles. The van der Waals surface area contributed by atoms with Crippen molar-refractivity contribution in [2.75, 3.05) is 12.4 Å². The van der Waals surface area contributed by atoms with Crippen molar-refractivity contribution in [2.45, 2.75) is 0 Å². The van der Waals surface area contributed by atoms with Crippen LogP contribution < -0.4 is 5.32 Å². The number of carbonyl (C=O) groups excluding carboxylic acids is 2. The lowest BCUT2D eigenvalue weighted by Crippen LogP contribution is -2.11. The van der Waals surface area contributed by atoms with Crippen molar-refractivity contribution in [3.8, 4) is 11.1 Å². The summed E-state index contributed by atoms with van der Waals surface area (Å²) in [6.07, 6.45) is 2.98. The Morgan fingerprint density at radius 3 is 2.46 bits per heavy atom. The summed E-state index contributed by atoms with van der Waals surface area (Å²) in [4.78, 5) is 24.7. The van der Waals surface area contributed by atoms with Crippen LogP contribution in [0.5, 0.6) is 0 Å². The van der Waals surface area contributed by atoms with Crippen LogP contribution >= 0.6 is 34.5 Å². The van der Waals surface area contributed by atoms with Crippen molar-refractivity contribution < 1.29 is 14.3 Å². The number of amides is 1. The van der Waals surface area contributed by atoms with Crippen molar-refractivity contribution in [3.63, 3.8) is 0 Å². The monoisotopic (exact) mass is 431 g/mol. The molecule has 0 radical (unpaired) electrons. The number of methoxy groups -OCH3 is 1. The molecule has 0 saturated carbocycles. The molecule has 0 aliphatic rings. The van der Waals surface area contributed by atoms with Crippen molar-refractivity contribution in [2.24, 2.45) is 0 Å². The molecule has 4 nitrogen and oxygen atoms in total. The van der Waals surface area contributed by atoms with E-state index in [0.29, 0.717) is 26.2 Å². The summed E-state index contributed by atoms with van der Waals surface area (Å²) in [5, 5.41) is 6.08. The molecule has 3 rings (SSSR count). The van der Waals surface area contributed by atoms with Crippen molar-refractivity contribution in [1.29, 1.82) is 0 Å². The molecular formula is C21H15Cl2NO3S. The Bertz CT molecular complexity index is 1040. The first-order valence-corrected chi connectivity index (χ1v) is 9.82. The van der Waals surface area contributed by atoms with E-state index in [1.807, 2.05) is 12.1 Å². The predicted molar refractivity (Wildman–Crippen MR) is 115 cm³/mol. The number of benzene rings is 2. The van der Waals surface area contributed by atoms with Crippen LogP contribution in [0.2, 0.25) is 10.0 Å². The minimum Gasteiger partial charge on any atom is -0.465 e. The van der Waals surface area contributed by atoms with Gasteiger partial charge in [-0.2, -0.15) is 0 Å². The third-order valence-electron chi connectivity index (χ3n) is 3.89. The summed E-state index contributed by atoms with van der Waals surface area (Å²) >= 11 is 13.3. The van der Waals surface area contributed by atoms with Gasteiger partial charge in [-0.15, -0.1) is 11.3 Å². The lowest BCUT2D eigenvalue weighted by molar-refractivity contribution is -0.111. The van der Waals surface area contributed by atoms with Gasteiger partial charge in [-0.25, -0.2) is 4.79 Å². The highest BCUT2D eigenvalue weighted by molar-refractivity contribution is 7.15. The van der Waals surface area contributed by atoms with Crippen molar-refractivity contribution in [3.05, 3.63) is 81.2 Å². The fourth-order valence-electron chi connectivity index (χ4n) is 2.53. The number of carbonyl (C=O) groups is 2. The van der Waals surface area contributed by atoms with Gasteiger partial charge < -0.3 is 10.1 Å². The Morgan fingerprint density at radius 2 is 1.79 bits per heavy atom. The second kappa shape index (κ2) is 9.06. The van der Waals surface area contributed by atoms with E-state index in [2.05, 4.69) is 5.32 Å². The summed E-state index contributed by atoms with van der Waals surface area (Å²) in [6, 6.07) is 14.3. The highest BCUT2D eigenvalue weighted by Crippen LogP contribution is 2.36. The number of esters is 1. The van der Waals surface area contributed by atoms with Gasteiger partial charge in [0.05, 0.1) is 7.11 Å². The average Bonchev–Trinajstić information content (AvgIpc) is 3.10. The number of nitrogens with one attached hydrogen (secondary N) is 1. The maximum Gasteiger partial charge on any atom is 0.341 e. The number of thiophene rings is 1. The summed E-state index contributed by atoms with van der Waals surface area (Å²) < 4.78 is 4.90. The molecule has 28 heavy (non-hydrogen) atoms. The highest BCUT2D eigenvalue weighted by Gasteiger charge is 2.21. The molecule has 0 saturated heterocycles. The Kier molecular flexibility index (Phi) is 6.52. The Hall–Kier alpha value is -2.60. The lowest BCUT2D eigenvalue weighted by Gasteiger charge is -2.07. The number of hydrogen-bond donors (Lipinski definition) is 1. The third-order valence-corrected chi connectivity index (χ3v) is 5.38. The first-order chi connectivity index (χ1) is 13.5. The zero-order valence-electron chi connectivity index (χ0n) is 14.7. The van der Waals surface area contributed by atoms with Gasteiger partial charge in [0.25, 0.3) is 0 Å². The molecule has 142 valence electrons. The largest absolute Gasteiger partial charge is 0.465 e. The smallest absolute Gasteiger partial charge is 0.341 e. The lowest BCUT2D eigenvalue weighted by atomic mass is 10.0. The molecule has 0 aliphatic heterocycles. The molecule has 0 fully saturated rings. The van der Waals surface area contributed by atoms with Crippen LogP contribution in [0.15, 0.2) is 60.0 Å². The minimum absolute atomic E-state index is 0.300. The van der Waals surface area contributed by atoms with Gasteiger partial charge in [0, 0.05) is 27.1 Å². The predicted octanol–water partition coefficient (Wildman–Crippen LogP) is 6.16. The fraction of sp³-hybridized carbons (Fsp3) is 0.0476. The number of anilines is 1. The average molecular weight is 432 g/mol. The normalized spacial score (nSPS) is 10.8. The van der Waals surface area contributed by atoms with Crippen LogP contribution in [0, 0.1) is 0 Å². The number of hydrogen-bond acceptors (Lipinski definition) is 4. The Labute approximate surface area is 176 Å². The van der Waals surface area contributed by atoms with E-state index in [1.54, 1.807) is 47.9 Å². The third kappa shape index (κ3) is 4.62. The van der Waals surface area contributed by atoms with Gasteiger partial charge in [0.1, 0.15) is 10.6 Å². The first-order valence-electron chi connectivity index (χ1n) is 8.19. The summed E-state index contributed by atoms with van der Waals surface area (Å²) in [7, 11) is 1.30. The van der Waals surface area contributed by atoms with Gasteiger partial charge in [-0.05, 0) is 35.4 Å². The van der Waals surface area contributed by atoms with Crippen LogP contribution in [0.1, 0.15) is 15.9 Å². The van der Waals surface area contributed by atoms with E-state index in [-0.39, 0.29) is 5.91 Å². The van der Waals surface area contributed by atoms with E-state index in [1.165, 1.54) is 24.5 Å². The minimum atomic E-state index is -0.531.